The first-order valence-corrected chi connectivity index (χ1v) is 8.28. The number of aromatic amines is 1. The SMILES string of the molecule is CNCCc1c[nH]c2ccc(CF)c(OC(C)c3ccccc3)c12. The van der Waals surface area contributed by atoms with Gasteiger partial charge in [0.15, 0.2) is 0 Å². The van der Waals surface area contributed by atoms with Crippen LogP contribution in [0.25, 0.3) is 10.9 Å². The Morgan fingerprint density at radius 3 is 2.62 bits per heavy atom. The number of hydrogen-bond acceptors (Lipinski definition) is 2. The van der Waals surface area contributed by atoms with Gasteiger partial charge in [-0.1, -0.05) is 36.4 Å². The van der Waals surface area contributed by atoms with Crippen LogP contribution in [0, 0.1) is 0 Å². The van der Waals surface area contributed by atoms with Gasteiger partial charge in [0, 0.05) is 22.7 Å². The van der Waals surface area contributed by atoms with E-state index in [-0.39, 0.29) is 6.10 Å². The summed E-state index contributed by atoms with van der Waals surface area (Å²) >= 11 is 0. The number of rotatable bonds is 7. The lowest BCUT2D eigenvalue weighted by atomic mass is 10.0. The van der Waals surface area contributed by atoms with E-state index in [1.54, 1.807) is 6.07 Å². The van der Waals surface area contributed by atoms with Crippen LogP contribution in [-0.2, 0) is 13.1 Å². The predicted molar refractivity (Wildman–Crippen MR) is 96.2 cm³/mol. The lowest BCUT2D eigenvalue weighted by molar-refractivity contribution is 0.225. The minimum Gasteiger partial charge on any atom is -0.485 e. The molecule has 3 aromatic rings. The molecule has 126 valence electrons. The molecule has 2 aromatic carbocycles. The minimum absolute atomic E-state index is 0.144. The summed E-state index contributed by atoms with van der Waals surface area (Å²) in [5.74, 6) is 0.652. The normalized spacial score (nSPS) is 12.5. The third-order valence-electron chi connectivity index (χ3n) is 4.31. The number of aromatic nitrogens is 1. The van der Waals surface area contributed by atoms with Gasteiger partial charge in [0.25, 0.3) is 0 Å². The highest BCUT2D eigenvalue weighted by atomic mass is 19.1. The first-order valence-electron chi connectivity index (χ1n) is 8.28. The molecule has 1 unspecified atom stereocenters. The highest BCUT2D eigenvalue weighted by Crippen LogP contribution is 2.36. The van der Waals surface area contributed by atoms with Crippen molar-refractivity contribution in [2.24, 2.45) is 0 Å². The van der Waals surface area contributed by atoms with E-state index >= 15 is 0 Å². The number of alkyl halides is 1. The van der Waals surface area contributed by atoms with Gasteiger partial charge in [0.2, 0.25) is 0 Å². The lowest BCUT2D eigenvalue weighted by Crippen LogP contribution is -2.10. The second-order valence-corrected chi connectivity index (χ2v) is 5.95. The molecule has 3 rings (SSSR count). The second kappa shape index (κ2) is 7.49. The van der Waals surface area contributed by atoms with E-state index in [9.17, 15) is 4.39 Å². The Kier molecular flexibility index (Phi) is 5.16. The summed E-state index contributed by atoms with van der Waals surface area (Å²) in [5.41, 5.74) is 3.79. The van der Waals surface area contributed by atoms with Crippen LogP contribution in [0.15, 0.2) is 48.7 Å². The molecule has 3 nitrogen and oxygen atoms in total. The van der Waals surface area contributed by atoms with Crippen molar-refractivity contribution in [1.29, 1.82) is 0 Å². The van der Waals surface area contributed by atoms with Gasteiger partial charge in [-0.3, -0.25) is 0 Å². The van der Waals surface area contributed by atoms with Gasteiger partial charge in [-0.05, 0) is 44.1 Å². The molecule has 0 radical (unpaired) electrons. The molecule has 0 saturated heterocycles. The van der Waals surface area contributed by atoms with Gasteiger partial charge in [-0.15, -0.1) is 0 Å². The molecule has 0 aliphatic rings. The largest absolute Gasteiger partial charge is 0.485 e. The van der Waals surface area contributed by atoms with Crippen molar-refractivity contribution in [1.82, 2.24) is 10.3 Å². The summed E-state index contributed by atoms with van der Waals surface area (Å²) in [6, 6.07) is 13.7. The Morgan fingerprint density at radius 2 is 1.92 bits per heavy atom. The highest BCUT2D eigenvalue weighted by Gasteiger charge is 2.17. The Bertz CT molecular complexity index is 798. The molecule has 0 spiro atoms. The molecule has 0 saturated carbocycles. The van der Waals surface area contributed by atoms with Crippen LogP contribution in [0.5, 0.6) is 5.75 Å². The average molecular weight is 326 g/mol. The number of nitrogens with one attached hydrogen (secondary N) is 2. The van der Waals surface area contributed by atoms with E-state index in [1.807, 2.05) is 56.6 Å². The van der Waals surface area contributed by atoms with Crippen LogP contribution in [-0.4, -0.2) is 18.6 Å². The van der Waals surface area contributed by atoms with Gasteiger partial charge >= 0.3 is 0 Å². The molecular formula is C20H23FN2O. The van der Waals surface area contributed by atoms with E-state index in [0.29, 0.717) is 11.3 Å². The first-order chi connectivity index (χ1) is 11.7. The highest BCUT2D eigenvalue weighted by molar-refractivity contribution is 5.90. The summed E-state index contributed by atoms with van der Waals surface area (Å²) in [6.07, 6.45) is 2.71. The van der Waals surface area contributed by atoms with Crippen LogP contribution in [0.1, 0.15) is 29.7 Å². The van der Waals surface area contributed by atoms with Crippen molar-refractivity contribution >= 4 is 10.9 Å². The van der Waals surface area contributed by atoms with Crippen molar-refractivity contribution in [3.63, 3.8) is 0 Å². The Morgan fingerprint density at radius 1 is 1.12 bits per heavy atom. The van der Waals surface area contributed by atoms with Crippen LogP contribution in [0.4, 0.5) is 4.39 Å². The zero-order valence-electron chi connectivity index (χ0n) is 14.1. The Balaban J connectivity index is 2.02. The lowest BCUT2D eigenvalue weighted by Gasteiger charge is -2.19. The fraction of sp³-hybridized carbons (Fsp3) is 0.300. The third kappa shape index (κ3) is 3.29. The number of ether oxygens (including phenoxy) is 1. The Hall–Kier alpha value is -2.33. The molecule has 0 aliphatic carbocycles. The first kappa shape index (κ1) is 16.5. The van der Waals surface area contributed by atoms with Crippen LogP contribution >= 0.6 is 0 Å². The molecule has 1 aromatic heterocycles. The fourth-order valence-electron chi connectivity index (χ4n) is 2.97. The maximum Gasteiger partial charge on any atom is 0.135 e. The van der Waals surface area contributed by atoms with Crippen LogP contribution in [0.2, 0.25) is 0 Å². The van der Waals surface area contributed by atoms with Crippen molar-refractivity contribution in [2.75, 3.05) is 13.6 Å². The van der Waals surface area contributed by atoms with Gasteiger partial charge in [0.05, 0.1) is 0 Å². The van der Waals surface area contributed by atoms with Gasteiger partial charge < -0.3 is 15.0 Å². The number of hydrogen-bond donors (Lipinski definition) is 2. The smallest absolute Gasteiger partial charge is 0.135 e. The van der Waals surface area contributed by atoms with Crippen molar-refractivity contribution in [2.45, 2.75) is 26.1 Å². The third-order valence-corrected chi connectivity index (χ3v) is 4.31. The molecule has 0 aliphatic heterocycles. The monoisotopic (exact) mass is 326 g/mol. The molecule has 0 amide bonds. The number of H-pyrrole nitrogens is 1. The van der Waals surface area contributed by atoms with Crippen molar-refractivity contribution in [3.8, 4) is 5.75 Å². The standard InChI is InChI=1S/C20H23FN2O/c1-14(15-6-4-3-5-7-15)24-20-16(12-21)8-9-18-19(20)17(13-23-18)10-11-22-2/h3-9,13-14,22-23H,10-12H2,1-2H3. The zero-order chi connectivity index (χ0) is 16.9. The topological polar surface area (TPSA) is 37.0 Å². The molecule has 2 N–H and O–H groups in total. The van der Waals surface area contributed by atoms with E-state index in [2.05, 4.69) is 10.3 Å². The second-order valence-electron chi connectivity index (χ2n) is 5.95. The van der Waals surface area contributed by atoms with E-state index in [0.717, 1.165) is 35.0 Å². The van der Waals surface area contributed by atoms with Gasteiger partial charge in [-0.2, -0.15) is 0 Å². The van der Waals surface area contributed by atoms with Crippen LogP contribution in [0.3, 0.4) is 0 Å². The number of benzene rings is 2. The number of halogens is 1. The molecule has 24 heavy (non-hydrogen) atoms. The summed E-state index contributed by atoms with van der Waals surface area (Å²) in [4.78, 5) is 3.27. The van der Waals surface area contributed by atoms with Gasteiger partial charge in [-0.25, -0.2) is 4.39 Å². The maximum atomic E-state index is 13.6. The molecular weight excluding hydrogens is 303 g/mol. The summed E-state index contributed by atoms with van der Waals surface area (Å²) < 4.78 is 19.8. The quantitative estimate of drug-likeness (QED) is 0.669. The van der Waals surface area contributed by atoms with Gasteiger partial charge in [0.1, 0.15) is 18.5 Å². The van der Waals surface area contributed by atoms with E-state index in [1.165, 1.54) is 0 Å². The van der Waals surface area contributed by atoms with Crippen molar-refractivity contribution < 1.29 is 9.13 Å². The predicted octanol–water partition coefficient (Wildman–Crippen LogP) is 4.54. The zero-order valence-corrected chi connectivity index (χ0v) is 14.1. The minimum atomic E-state index is -0.538. The summed E-state index contributed by atoms with van der Waals surface area (Å²) in [5, 5.41) is 4.15. The van der Waals surface area contributed by atoms with Crippen LogP contribution < -0.4 is 10.1 Å². The summed E-state index contributed by atoms with van der Waals surface area (Å²) in [6.45, 7) is 2.32. The average Bonchev–Trinajstić information content (AvgIpc) is 3.04. The number of fused-ring (bicyclic) bond motifs is 1. The molecule has 0 fully saturated rings. The van der Waals surface area contributed by atoms with E-state index < -0.39 is 6.67 Å². The maximum absolute atomic E-state index is 13.6. The molecule has 0 bridgehead atoms. The molecule has 4 heteroatoms. The Labute approximate surface area is 141 Å². The number of likely N-dealkylation sites (N-methyl/N-ethyl adjacent to an activating group) is 1. The fourth-order valence-corrected chi connectivity index (χ4v) is 2.97. The van der Waals surface area contributed by atoms with E-state index in [4.69, 9.17) is 4.74 Å². The summed E-state index contributed by atoms with van der Waals surface area (Å²) in [7, 11) is 1.93. The molecule has 1 heterocycles. The molecule has 1 atom stereocenters. The van der Waals surface area contributed by atoms with Crippen molar-refractivity contribution in [3.05, 3.63) is 65.4 Å².